The summed E-state index contributed by atoms with van der Waals surface area (Å²) in [5, 5.41) is 6.75. The van der Waals surface area contributed by atoms with Crippen molar-refractivity contribution >= 4 is 11.6 Å². The molecule has 0 aliphatic heterocycles. The van der Waals surface area contributed by atoms with Crippen molar-refractivity contribution in [1.82, 2.24) is 10.1 Å². The average Bonchev–Trinajstić information content (AvgIpc) is 2.83. The monoisotopic (exact) mass is 259 g/mol. The molecule has 2 rings (SSSR count). The van der Waals surface area contributed by atoms with Crippen LogP contribution in [-0.4, -0.2) is 16.1 Å². The normalized spacial score (nSPS) is 11.6. The summed E-state index contributed by atoms with van der Waals surface area (Å²) in [7, 11) is 0. The lowest BCUT2D eigenvalue weighted by atomic mass is 10.1. The molecule has 0 saturated heterocycles. The molecule has 2 aromatic rings. The van der Waals surface area contributed by atoms with E-state index in [-0.39, 0.29) is 0 Å². The van der Waals surface area contributed by atoms with Crippen LogP contribution < -0.4 is 11.1 Å². The molecule has 6 heteroatoms. The minimum Gasteiger partial charge on any atom is -0.370 e. The van der Waals surface area contributed by atoms with Gasteiger partial charge in [-0.2, -0.15) is 4.98 Å². The average molecular weight is 259 g/mol. The van der Waals surface area contributed by atoms with Crippen LogP contribution in [0.4, 0.5) is 5.69 Å². The Morgan fingerprint density at radius 1 is 1.37 bits per heavy atom. The maximum atomic E-state index is 5.78. The second-order valence-electron chi connectivity index (χ2n) is 4.11. The molecular formula is C13H17N5O. The van der Waals surface area contributed by atoms with Crippen LogP contribution in [0, 0.1) is 6.92 Å². The zero-order valence-electron chi connectivity index (χ0n) is 11.1. The number of hydrogen-bond donors (Lipinski definition) is 2. The SMILES string of the molecule is CCc1ccc(NC(N)=NCc2noc(C)n2)cc1. The number of anilines is 1. The highest BCUT2D eigenvalue weighted by Gasteiger charge is 2.01. The van der Waals surface area contributed by atoms with Gasteiger partial charge in [-0.3, -0.25) is 0 Å². The first kappa shape index (κ1) is 13.1. The molecule has 0 amide bonds. The standard InChI is InChI=1S/C13H17N5O/c1-3-10-4-6-11(7-5-10)17-13(14)15-8-12-16-9(2)19-18-12/h4-7H,3,8H2,1-2H3,(H3,14,15,17). The molecule has 0 radical (unpaired) electrons. The molecule has 3 N–H and O–H groups in total. The van der Waals surface area contributed by atoms with E-state index in [1.807, 2.05) is 12.1 Å². The van der Waals surface area contributed by atoms with Crippen LogP contribution in [0.5, 0.6) is 0 Å². The fourth-order valence-corrected chi connectivity index (χ4v) is 1.57. The van der Waals surface area contributed by atoms with Crippen molar-refractivity contribution in [3.05, 3.63) is 41.5 Å². The predicted octanol–water partition coefficient (Wildman–Crippen LogP) is 1.87. The van der Waals surface area contributed by atoms with Crippen LogP contribution in [-0.2, 0) is 13.0 Å². The number of nitrogens with two attached hydrogens (primary N) is 1. The van der Waals surface area contributed by atoms with Gasteiger partial charge < -0.3 is 15.6 Å². The van der Waals surface area contributed by atoms with Crippen LogP contribution in [0.15, 0.2) is 33.8 Å². The second-order valence-corrected chi connectivity index (χ2v) is 4.11. The molecule has 100 valence electrons. The van der Waals surface area contributed by atoms with E-state index < -0.39 is 0 Å². The zero-order chi connectivity index (χ0) is 13.7. The Labute approximate surface area is 111 Å². The number of nitrogens with zero attached hydrogens (tertiary/aromatic N) is 3. The summed E-state index contributed by atoms with van der Waals surface area (Å²) in [5.41, 5.74) is 7.97. The Hall–Kier alpha value is -2.37. The Morgan fingerprint density at radius 2 is 2.11 bits per heavy atom. The lowest BCUT2D eigenvalue weighted by Gasteiger charge is -2.05. The summed E-state index contributed by atoms with van der Waals surface area (Å²) < 4.78 is 4.85. The third-order valence-corrected chi connectivity index (χ3v) is 2.60. The highest BCUT2D eigenvalue weighted by atomic mass is 16.5. The molecule has 0 aliphatic rings. The fraction of sp³-hybridized carbons (Fsp3) is 0.308. The molecule has 1 aromatic carbocycles. The molecular weight excluding hydrogens is 242 g/mol. The smallest absolute Gasteiger partial charge is 0.223 e. The highest BCUT2D eigenvalue weighted by Crippen LogP contribution is 2.09. The van der Waals surface area contributed by atoms with Gasteiger partial charge in [-0.05, 0) is 24.1 Å². The van der Waals surface area contributed by atoms with Gasteiger partial charge in [0.05, 0.1) is 0 Å². The molecule has 19 heavy (non-hydrogen) atoms. The van der Waals surface area contributed by atoms with Crippen molar-refractivity contribution in [1.29, 1.82) is 0 Å². The molecule has 0 spiro atoms. The van der Waals surface area contributed by atoms with E-state index in [0.29, 0.717) is 24.2 Å². The molecule has 0 aliphatic carbocycles. The van der Waals surface area contributed by atoms with Gasteiger partial charge in [0.25, 0.3) is 0 Å². The summed E-state index contributed by atoms with van der Waals surface area (Å²) in [5.74, 6) is 1.36. The Bertz CT molecular complexity index is 559. The van der Waals surface area contributed by atoms with E-state index in [4.69, 9.17) is 10.3 Å². The van der Waals surface area contributed by atoms with Gasteiger partial charge in [0, 0.05) is 12.6 Å². The van der Waals surface area contributed by atoms with Crippen LogP contribution in [0.3, 0.4) is 0 Å². The van der Waals surface area contributed by atoms with Crippen LogP contribution in [0.1, 0.15) is 24.2 Å². The van der Waals surface area contributed by atoms with Crippen molar-refractivity contribution in [3.63, 3.8) is 0 Å². The number of guanidine groups is 1. The van der Waals surface area contributed by atoms with Gasteiger partial charge in [0.1, 0.15) is 6.54 Å². The summed E-state index contributed by atoms with van der Waals surface area (Å²) >= 11 is 0. The summed E-state index contributed by atoms with van der Waals surface area (Å²) in [6, 6.07) is 8.05. The first-order valence-corrected chi connectivity index (χ1v) is 6.12. The van der Waals surface area contributed by atoms with Crippen molar-refractivity contribution in [3.8, 4) is 0 Å². The number of benzene rings is 1. The molecule has 0 unspecified atom stereocenters. The quantitative estimate of drug-likeness (QED) is 0.646. The predicted molar refractivity (Wildman–Crippen MR) is 73.8 cm³/mol. The Kier molecular flexibility index (Phi) is 4.12. The Morgan fingerprint density at radius 3 is 2.68 bits per heavy atom. The van der Waals surface area contributed by atoms with Gasteiger partial charge in [-0.1, -0.05) is 24.2 Å². The van der Waals surface area contributed by atoms with Crippen LogP contribution in [0.25, 0.3) is 0 Å². The second kappa shape index (κ2) is 5.99. The van der Waals surface area contributed by atoms with E-state index in [1.165, 1.54) is 5.56 Å². The van der Waals surface area contributed by atoms with Gasteiger partial charge in [0.15, 0.2) is 11.8 Å². The fourth-order valence-electron chi connectivity index (χ4n) is 1.57. The van der Waals surface area contributed by atoms with Crippen molar-refractivity contribution in [2.45, 2.75) is 26.8 Å². The summed E-state index contributed by atoms with van der Waals surface area (Å²) in [4.78, 5) is 8.19. The molecule has 1 heterocycles. The third kappa shape index (κ3) is 3.80. The summed E-state index contributed by atoms with van der Waals surface area (Å²) in [6.45, 7) is 4.14. The van der Waals surface area contributed by atoms with Gasteiger partial charge in [-0.15, -0.1) is 0 Å². The maximum Gasteiger partial charge on any atom is 0.223 e. The molecule has 6 nitrogen and oxygen atoms in total. The first-order valence-electron chi connectivity index (χ1n) is 6.12. The molecule has 1 aromatic heterocycles. The van der Waals surface area contributed by atoms with Gasteiger partial charge >= 0.3 is 0 Å². The van der Waals surface area contributed by atoms with Crippen LogP contribution >= 0.6 is 0 Å². The molecule has 0 saturated carbocycles. The maximum absolute atomic E-state index is 5.78. The van der Waals surface area contributed by atoms with E-state index in [9.17, 15) is 0 Å². The van der Waals surface area contributed by atoms with Crippen molar-refractivity contribution in [2.75, 3.05) is 5.32 Å². The number of nitrogens with one attached hydrogen (secondary N) is 1. The van der Waals surface area contributed by atoms with Gasteiger partial charge in [-0.25, -0.2) is 4.99 Å². The third-order valence-electron chi connectivity index (χ3n) is 2.60. The van der Waals surface area contributed by atoms with E-state index in [1.54, 1.807) is 6.92 Å². The molecule has 0 fully saturated rings. The lowest BCUT2D eigenvalue weighted by molar-refractivity contribution is 0.387. The lowest BCUT2D eigenvalue weighted by Crippen LogP contribution is -2.22. The van der Waals surface area contributed by atoms with E-state index in [0.717, 1.165) is 12.1 Å². The van der Waals surface area contributed by atoms with E-state index in [2.05, 4.69) is 39.5 Å². The number of aryl methyl sites for hydroxylation is 2. The largest absolute Gasteiger partial charge is 0.370 e. The molecule has 0 atom stereocenters. The topological polar surface area (TPSA) is 89.3 Å². The number of aromatic nitrogens is 2. The summed E-state index contributed by atoms with van der Waals surface area (Å²) in [6.07, 6.45) is 1.01. The number of rotatable bonds is 4. The van der Waals surface area contributed by atoms with Crippen LogP contribution in [0.2, 0.25) is 0 Å². The minimum atomic E-state index is 0.295. The molecule has 0 bridgehead atoms. The minimum absolute atomic E-state index is 0.295. The van der Waals surface area contributed by atoms with Gasteiger partial charge in [0.2, 0.25) is 5.89 Å². The number of aliphatic imine (C=N–C) groups is 1. The van der Waals surface area contributed by atoms with Crippen molar-refractivity contribution in [2.24, 2.45) is 10.7 Å². The number of hydrogen-bond acceptors (Lipinski definition) is 4. The van der Waals surface area contributed by atoms with E-state index >= 15 is 0 Å². The zero-order valence-corrected chi connectivity index (χ0v) is 11.1. The van der Waals surface area contributed by atoms with Crippen molar-refractivity contribution < 1.29 is 4.52 Å². The Balaban J connectivity index is 1.93. The first-order chi connectivity index (χ1) is 9.17. The highest BCUT2D eigenvalue weighted by molar-refractivity contribution is 5.92.